The molecule has 0 aliphatic rings. The number of rotatable bonds is 2. The lowest BCUT2D eigenvalue weighted by atomic mass is 10.2. The second-order valence-electron chi connectivity index (χ2n) is 2.13. The molecule has 0 heterocycles. The van der Waals surface area contributed by atoms with E-state index >= 15 is 0 Å². The van der Waals surface area contributed by atoms with Crippen molar-refractivity contribution in [3.05, 3.63) is 28.8 Å². The summed E-state index contributed by atoms with van der Waals surface area (Å²) in [5.41, 5.74) is 2.69. The molecule has 0 spiro atoms. The van der Waals surface area contributed by atoms with Crippen LogP contribution in [0, 0.1) is 0 Å². The molecule has 0 unspecified atom stereocenters. The molecular weight excluding hydrogens is 180 g/mol. The van der Waals surface area contributed by atoms with Gasteiger partial charge in [-0.25, -0.2) is 0 Å². The Morgan fingerprint density at radius 2 is 2.25 bits per heavy atom. The van der Waals surface area contributed by atoms with Crippen LogP contribution in [0.2, 0.25) is 5.02 Å². The number of benzene rings is 1. The number of nitrogen functional groups attached to an aromatic ring is 1. The van der Waals surface area contributed by atoms with E-state index in [2.05, 4.69) is 5.43 Å². The summed E-state index contributed by atoms with van der Waals surface area (Å²) in [5, 5.41) is 10.6. The molecule has 0 aliphatic carbocycles. The molecule has 0 saturated carbocycles. The minimum Gasteiger partial charge on any atom is -0.545 e. The molecule has 0 saturated heterocycles. The van der Waals surface area contributed by atoms with Gasteiger partial charge in [0, 0.05) is 16.3 Å². The standard InChI is InChI=1S/C7H7ClN2O2/c8-6-2-1-4(10-9)3-5(6)7(11)12/h1-3,10H,9H2,(H,11,12)/p-1. The Balaban J connectivity index is 3.17. The van der Waals surface area contributed by atoms with Gasteiger partial charge >= 0.3 is 0 Å². The monoisotopic (exact) mass is 185 g/mol. The highest BCUT2D eigenvalue weighted by Crippen LogP contribution is 2.18. The Morgan fingerprint density at radius 3 is 2.75 bits per heavy atom. The molecule has 1 rings (SSSR count). The van der Waals surface area contributed by atoms with Gasteiger partial charge in [0.15, 0.2) is 0 Å². The molecule has 64 valence electrons. The summed E-state index contributed by atoms with van der Waals surface area (Å²) >= 11 is 5.56. The first-order valence-electron chi connectivity index (χ1n) is 3.12. The summed E-state index contributed by atoms with van der Waals surface area (Å²) in [5.74, 6) is 3.74. The van der Waals surface area contributed by atoms with Crippen LogP contribution in [0.15, 0.2) is 18.2 Å². The van der Waals surface area contributed by atoms with Gasteiger partial charge in [-0.3, -0.25) is 5.84 Å². The second-order valence-corrected chi connectivity index (χ2v) is 2.53. The molecule has 4 nitrogen and oxygen atoms in total. The summed E-state index contributed by atoms with van der Waals surface area (Å²) in [7, 11) is 0. The number of halogens is 1. The minimum absolute atomic E-state index is 0.0767. The lowest BCUT2D eigenvalue weighted by Crippen LogP contribution is -2.23. The molecule has 0 fully saturated rings. The minimum atomic E-state index is -1.32. The first-order valence-corrected chi connectivity index (χ1v) is 3.50. The van der Waals surface area contributed by atoms with E-state index in [1.54, 1.807) is 6.07 Å². The largest absolute Gasteiger partial charge is 0.545 e. The van der Waals surface area contributed by atoms with Crippen molar-refractivity contribution < 1.29 is 9.90 Å². The average Bonchev–Trinajstić information content (AvgIpc) is 2.05. The number of anilines is 1. The number of nitrogens with two attached hydrogens (primary N) is 1. The molecule has 0 atom stereocenters. The van der Waals surface area contributed by atoms with Gasteiger partial charge < -0.3 is 15.3 Å². The number of hydrogen-bond acceptors (Lipinski definition) is 4. The summed E-state index contributed by atoms with van der Waals surface area (Å²) < 4.78 is 0. The van der Waals surface area contributed by atoms with Gasteiger partial charge in [-0.1, -0.05) is 11.6 Å². The second kappa shape index (κ2) is 3.42. The van der Waals surface area contributed by atoms with Crippen LogP contribution in [0.3, 0.4) is 0 Å². The summed E-state index contributed by atoms with van der Waals surface area (Å²) in [6.07, 6.45) is 0. The SMILES string of the molecule is NNc1ccc(Cl)c(C(=O)[O-])c1. The molecule has 0 bridgehead atoms. The molecule has 12 heavy (non-hydrogen) atoms. The van der Waals surface area contributed by atoms with Crippen molar-refractivity contribution in [3.8, 4) is 0 Å². The van der Waals surface area contributed by atoms with Crippen molar-refractivity contribution >= 4 is 23.3 Å². The maximum atomic E-state index is 10.4. The fourth-order valence-corrected chi connectivity index (χ4v) is 0.966. The lowest BCUT2D eigenvalue weighted by molar-refractivity contribution is -0.255. The van der Waals surface area contributed by atoms with Crippen molar-refractivity contribution in [3.63, 3.8) is 0 Å². The molecule has 5 heteroatoms. The molecule has 1 aromatic rings. The number of aromatic carboxylic acids is 1. The number of carboxylic acids is 1. The van der Waals surface area contributed by atoms with E-state index in [4.69, 9.17) is 17.4 Å². The Hall–Kier alpha value is -1.26. The number of carbonyl (C=O) groups excluding carboxylic acids is 1. The van der Waals surface area contributed by atoms with Crippen molar-refractivity contribution in [2.45, 2.75) is 0 Å². The quantitative estimate of drug-likeness (QED) is 0.502. The smallest absolute Gasteiger partial charge is 0.0731 e. The van der Waals surface area contributed by atoms with Gasteiger partial charge in [0.05, 0.1) is 5.97 Å². The molecule has 0 amide bonds. The van der Waals surface area contributed by atoms with Crippen molar-refractivity contribution in [2.24, 2.45) is 5.84 Å². The van der Waals surface area contributed by atoms with E-state index in [1.165, 1.54) is 12.1 Å². The Labute approximate surface area is 73.9 Å². The van der Waals surface area contributed by atoms with Gasteiger partial charge in [0.1, 0.15) is 0 Å². The van der Waals surface area contributed by atoms with Crippen LogP contribution >= 0.6 is 11.6 Å². The van der Waals surface area contributed by atoms with Crippen LogP contribution in [0.4, 0.5) is 5.69 Å². The topological polar surface area (TPSA) is 78.2 Å². The number of nitrogens with one attached hydrogen (secondary N) is 1. The zero-order valence-corrected chi connectivity index (χ0v) is 6.76. The van der Waals surface area contributed by atoms with Gasteiger partial charge in [-0.05, 0) is 18.2 Å². The van der Waals surface area contributed by atoms with E-state index in [9.17, 15) is 9.90 Å². The lowest BCUT2D eigenvalue weighted by Gasteiger charge is -2.07. The Bertz CT molecular complexity index is 314. The van der Waals surface area contributed by atoms with Crippen molar-refractivity contribution in [1.82, 2.24) is 0 Å². The number of hydrogen-bond donors (Lipinski definition) is 2. The van der Waals surface area contributed by atoms with Crippen LogP contribution in [-0.2, 0) is 0 Å². The zero-order valence-electron chi connectivity index (χ0n) is 6.00. The molecule has 1 aromatic carbocycles. The summed E-state index contributed by atoms with van der Waals surface area (Å²) in [4.78, 5) is 10.4. The highest BCUT2D eigenvalue weighted by atomic mass is 35.5. The van der Waals surface area contributed by atoms with Gasteiger partial charge in [0.2, 0.25) is 0 Å². The first-order chi connectivity index (χ1) is 5.65. The summed E-state index contributed by atoms with van der Waals surface area (Å²) in [6.45, 7) is 0. The predicted molar refractivity (Wildman–Crippen MR) is 43.6 cm³/mol. The van der Waals surface area contributed by atoms with E-state index in [0.717, 1.165) is 0 Å². The molecule has 0 radical (unpaired) electrons. The third kappa shape index (κ3) is 1.66. The zero-order chi connectivity index (χ0) is 9.14. The summed E-state index contributed by atoms with van der Waals surface area (Å²) in [6, 6.07) is 4.30. The number of carboxylic acid groups (broad SMARTS) is 1. The van der Waals surface area contributed by atoms with E-state index in [0.29, 0.717) is 5.69 Å². The molecule has 0 aromatic heterocycles. The van der Waals surface area contributed by atoms with E-state index < -0.39 is 5.97 Å². The van der Waals surface area contributed by atoms with Crippen LogP contribution < -0.4 is 16.4 Å². The maximum absolute atomic E-state index is 10.4. The normalized spacial score (nSPS) is 9.50. The third-order valence-electron chi connectivity index (χ3n) is 1.35. The highest BCUT2D eigenvalue weighted by molar-refractivity contribution is 6.33. The van der Waals surface area contributed by atoms with Crippen LogP contribution in [0.1, 0.15) is 10.4 Å². The fourth-order valence-electron chi connectivity index (χ4n) is 0.771. The maximum Gasteiger partial charge on any atom is 0.0731 e. The van der Waals surface area contributed by atoms with E-state index in [1.807, 2.05) is 0 Å². The van der Waals surface area contributed by atoms with Crippen LogP contribution in [0.5, 0.6) is 0 Å². The van der Waals surface area contributed by atoms with Crippen molar-refractivity contribution in [2.75, 3.05) is 5.43 Å². The van der Waals surface area contributed by atoms with Gasteiger partial charge in [-0.2, -0.15) is 0 Å². The molecular formula is C7H6ClN2O2-. The van der Waals surface area contributed by atoms with Crippen molar-refractivity contribution in [1.29, 1.82) is 0 Å². The van der Waals surface area contributed by atoms with Crippen LogP contribution in [-0.4, -0.2) is 5.97 Å². The third-order valence-corrected chi connectivity index (χ3v) is 1.68. The molecule has 0 aliphatic heterocycles. The Morgan fingerprint density at radius 1 is 1.58 bits per heavy atom. The average molecular weight is 186 g/mol. The van der Waals surface area contributed by atoms with E-state index in [-0.39, 0.29) is 10.6 Å². The fraction of sp³-hybridized carbons (Fsp3) is 0. The predicted octanol–water partition coefficient (Wildman–Crippen LogP) is -0.0109. The number of carbonyl (C=O) groups is 1. The first kappa shape index (κ1) is 8.83. The van der Waals surface area contributed by atoms with Gasteiger partial charge in [-0.15, -0.1) is 0 Å². The number of hydrazine groups is 1. The Kier molecular flexibility index (Phi) is 2.52. The molecule has 3 N–H and O–H groups in total. The van der Waals surface area contributed by atoms with Crippen LogP contribution in [0.25, 0.3) is 0 Å². The highest BCUT2D eigenvalue weighted by Gasteiger charge is 2.01. The van der Waals surface area contributed by atoms with Gasteiger partial charge in [0.25, 0.3) is 0 Å².